The molecule has 0 radical (unpaired) electrons. The molecule has 164 valence electrons. The zero-order valence-electron chi connectivity index (χ0n) is 18.0. The molecular formula is C21H27N7O3. The molecular weight excluding hydrogens is 398 g/mol. The van der Waals surface area contributed by atoms with E-state index >= 15 is 0 Å². The number of anilines is 1. The van der Waals surface area contributed by atoms with Gasteiger partial charge in [-0.15, -0.1) is 0 Å². The predicted molar refractivity (Wildman–Crippen MR) is 115 cm³/mol. The standard InChI is InChI=1S/C21H27N7O3/c1-13(12-30-3)31-21-24-16(20(29)22-2)11-17(25-21)28-9-6-14(7-10-28)18-15-5-4-8-23-19(15)27-26-18/h4-5,8,11,13-14H,6-7,9-10,12H2,1-3H3,(H,22,29)(H,23,26,27)/t13-/m1/s1. The second-order valence-electron chi connectivity index (χ2n) is 7.63. The minimum Gasteiger partial charge on any atom is -0.458 e. The van der Waals surface area contributed by atoms with Crippen LogP contribution in [-0.2, 0) is 4.74 Å². The van der Waals surface area contributed by atoms with E-state index in [0.717, 1.165) is 42.7 Å². The van der Waals surface area contributed by atoms with Crippen molar-refractivity contribution in [1.29, 1.82) is 0 Å². The third kappa shape index (κ3) is 4.58. The maximum atomic E-state index is 12.2. The second-order valence-corrected chi connectivity index (χ2v) is 7.63. The van der Waals surface area contributed by atoms with Crippen molar-refractivity contribution in [2.45, 2.75) is 31.8 Å². The fourth-order valence-corrected chi connectivity index (χ4v) is 3.90. The molecule has 10 nitrogen and oxygen atoms in total. The predicted octanol–water partition coefficient (Wildman–Crippen LogP) is 1.91. The van der Waals surface area contributed by atoms with Gasteiger partial charge in [0.15, 0.2) is 5.65 Å². The van der Waals surface area contributed by atoms with Crippen LogP contribution in [0.4, 0.5) is 5.82 Å². The van der Waals surface area contributed by atoms with Crippen LogP contribution in [0.3, 0.4) is 0 Å². The van der Waals surface area contributed by atoms with E-state index in [9.17, 15) is 4.79 Å². The SMILES string of the molecule is CNC(=O)c1cc(N2CCC(c3[nH]nc4ncccc34)CC2)nc(O[C@H](C)COC)n1. The summed E-state index contributed by atoms with van der Waals surface area (Å²) in [7, 11) is 3.18. The van der Waals surface area contributed by atoms with E-state index in [-0.39, 0.29) is 23.7 Å². The Morgan fingerprint density at radius 2 is 2.16 bits per heavy atom. The number of hydrogen-bond donors (Lipinski definition) is 2. The molecule has 3 aromatic rings. The molecule has 4 heterocycles. The molecule has 31 heavy (non-hydrogen) atoms. The van der Waals surface area contributed by atoms with E-state index in [4.69, 9.17) is 9.47 Å². The van der Waals surface area contributed by atoms with Crippen LogP contribution in [0, 0.1) is 0 Å². The lowest BCUT2D eigenvalue weighted by Crippen LogP contribution is -2.34. The minimum absolute atomic E-state index is 0.174. The first kappa shape index (κ1) is 21.0. The molecule has 0 bridgehead atoms. The third-order valence-corrected chi connectivity index (χ3v) is 5.45. The molecule has 1 amide bonds. The number of nitrogens with one attached hydrogen (secondary N) is 2. The molecule has 0 aliphatic carbocycles. The summed E-state index contributed by atoms with van der Waals surface area (Å²) in [6, 6.07) is 5.87. The van der Waals surface area contributed by atoms with Gasteiger partial charge in [0, 0.05) is 56.5 Å². The molecule has 0 spiro atoms. The smallest absolute Gasteiger partial charge is 0.319 e. The molecule has 0 saturated carbocycles. The largest absolute Gasteiger partial charge is 0.458 e. The van der Waals surface area contributed by atoms with Crippen LogP contribution in [0.15, 0.2) is 24.4 Å². The highest BCUT2D eigenvalue weighted by Gasteiger charge is 2.26. The van der Waals surface area contributed by atoms with Crippen LogP contribution in [-0.4, -0.2) is 71.0 Å². The van der Waals surface area contributed by atoms with Crippen molar-refractivity contribution in [3.8, 4) is 6.01 Å². The average molecular weight is 425 g/mol. The molecule has 0 aromatic carbocycles. The van der Waals surface area contributed by atoms with Crippen molar-refractivity contribution in [1.82, 2.24) is 30.5 Å². The van der Waals surface area contributed by atoms with Crippen LogP contribution in [0.5, 0.6) is 6.01 Å². The van der Waals surface area contributed by atoms with E-state index in [0.29, 0.717) is 18.3 Å². The summed E-state index contributed by atoms with van der Waals surface area (Å²) in [6.45, 7) is 3.86. The first-order valence-electron chi connectivity index (χ1n) is 10.4. The number of rotatable bonds is 7. The van der Waals surface area contributed by atoms with E-state index in [1.165, 1.54) is 0 Å². The van der Waals surface area contributed by atoms with Crippen LogP contribution >= 0.6 is 0 Å². The van der Waals surface area contributed by atoms with Crippen LogP contribution < -0.4 is 15.0 Å². The summed E-state index contributed by atoms with van der Waals surface area (Å²) < 4.78 is 10.9. The Kier molecular flexibility index (Phi) is 6.26. The Labute approximate surface area is 180 Å². The molecule has 0 unspecified atom stereocenters. The van der Waals surface area contributed by atoms with Gasteiger partial charge in [0.25, 0.3) is 5.91 Å². The number of carbonyl (C=O) groups is 1. The first-order chi connectivity index (χ1) is 15.1. The number of pyridine rings is 1. The highest BCUT2D eigenvalue weighted by Crippen LogP contribution is 2.32. The van der Waals surface area contributed by atoms with Gasteiger partial charge in [0.1, 0.15) is 17.6 Å². The number of piperidine rings is 1. The summed E-state index contributed by atoms with van der Waals surface area (Å²) in [5, 5.41) is 11.2. The number of nitrogens with zero attached hydrogens (tertiary/aromatic N) is 5. The van der Waals surface area contributed by atoms with Crippen LogP contribution in [0.1, 0.15) is 41.9 Å². The monoisotopic (exact) mass is 425 g/mol. The highest BCUT2D eigenvalue weighted by atomic mass is 16.5. The number of aromatic nitrogens is 5. The average Bonchev–Trinajstić information content (AvgIpc) is 3.23. The third-order valence-electron chi connectivity index (χ3n) is 5.45. The number of ether oxygens (including phenoxy) is 2. The zero-order valence-corrected chi connectivity index (χ0v) is 18.0. The number of hydrogen-bond acceptors (Lipinski definition) is 8. The molecule has 1 aliphatic heterocycles. The maximum Gasteiger partial charge on any atom is 0.319 e. The Morgan fingerprint density at radius 1 is 1.35 bits per heavy atom. The lowest BCUT2D eigenvalue weighted by atomic mass is 9.92. The highest BCUT2D eigenvalue weighted by molar-refractivity contribution is 5.92. The van der Waals surface area contributed by atoms with Crippen molar-refractivity contribution in [2.75, 3.05) is 38.8 Å². The number of carbonyl (C=O) groups excluding carboxylic acids is 1. The van der Waals surface area contributed by atoms with Crippen molar-refractivity contribution in [3.63, 3.8) is 0 Å². The van der Waals surface area contributed by atoms with Gasteiger partial charge >= 0.3 is 6.01 Å². The summed E-state index contributed by atoms with van der Waals surface area (Å²) in [5.41, 5.74) is 2.16. The Hall–Kier alpha value is -3.27. The minimum atomic E-state index is -0.279. The van der Waals surface area contributed by atoms with Gasteiger partial charge in [-0.05, 0) is 31.9 Å². The van der Waals surface area contributed by atoms with Crippen molar-refractivity contribution < 1.29 is 14.3 Å². The zero-order chi connectivity index (χ0) is 21.8. The molecule has 1 atom stereocenters. The summed E-state index contributed by atoms with van der Waals surface area (Å²) >= 11 is 0. The Balaban J connectivity index is 1.52. The molecule has 1 saturated heterocycles. The lowest BCUT2D eigenvalue weighted by Gasteiger charge is -2.32. The van der Waals surface area contributed by atoms with Crippen molar-refractivity contribution in [2.24, 2.45) is 0 Å². The number of aromatic amines is 1. The number of H-pyrrole nitrogens is 1. The number of fused-ring (bicyclic) bond motifs is 1. The fourth-order valence-electron chi connectivity index (χ4n) is 3.90. The Bertz CT molecular complexity index is 1050. The van der Waals surface area contributed by atoms with E-state index in [1.807, 2.05) is 13.0 Å². The molecule has 1 fully saturated rings. The van der Waals surface area contributed by atoms with Gasteiger partial charge in [0.05, 0.1) is 6.61 Å². The van der Waals surface area contributed by atoms with E-state index in [1.54, 1.807) is 26.4 Å². The van der Waals surface area contributed by atoms with Crippen LogP contribution in [0.2, 0.25) is 0 Å². The van der Waals surface area contributed by atoms with Gasteiger partial charge in [-0.3, -0.25) is 9.89 Å². The second kappa shape index (κ2) is 9.25. The molecule has 2 N–H and O–H groups in total. The Morgan fingerprint density at radius 3 is 2.90 bits per heavy atom. The van der Waals surface area contributed by atoms with Gasteiger partial charge in [-0.1, -0.05) is 0 Å². The molecule has 1 aliphatic rings. The van der Waals surface area contributed by atoms with E-state index in [2.05, 4.69) is 41.4 Å². The van der Waals surface area contributed by atoms with E-state index < -0.39 is 0 Å². The topological polar surface area (TPSA) is 118 Å². The van der Waals surface area contributed by atoms with Gasteiger partial charge in [-0.25, -0.2) is 4.98 Å². The normalized spacial score (nSPS) is 15.8. The fraction of sp³-hybridized carbons (Fsp3) is 0.476. The van der Waals surface area contributed by atoms with Gasteiger partial charge in [-0.2, -0.15) is 15.1 Å². The molecule has 4 rings (SSSR count). The van der Waals surface area contributed by atoms with Gasteiger partial charge in [0.2, 0.25) is 0 Å². The maximum absolute atomic E-state index is 12.2. The summed E-state index contributed by atoms with van der Waals surface area (Å²) in [5.74, 6) is 0.769. The first-order valence-corrected chi connectivity index (χ1v) is 10.4. The number of methoxy groups -OCH3 is 1. The quantitative estimate of drug-likeness (QED) is 0.589. The summed E-state index contributed by atoms with van der Waals surface area (Å²) in [6.07, 6.45) is 3.39. The molecule has 3 aromatic heterocycles. The van der Waals surface area contributed by atoms with Crippen molar-refractivity contribution >= 4 is 22.8 Å². The van der Waals surface area contributed by atoms with Gasteiger partial charge < -0.3 is 19.7 Å². The number of amides is 1. The summed E-state index contributed by atoms with van der Waals surface area (Å²) in [4.78, 5) is 27.5. The van der Waals surface area contributed by atoms with Crippen molar-refractivity contribution in [3.05, 3.63) is 35.8 Å². The molecule has 10 heteroatoms. The van der Waals surface area contributed by atoms with Crippen LogP contribution in [0.25, 0.3) is 11.0 Å². The lowest BCUT2D eigenvalue weighted by molar-refractivity contribution is 0.0844.